The van der Waals surface area contributed by atoms with Crippen molar-refractivity contribution in [1.82, 2.24) is 4.57 Å². The molecule has 33 heavy (non-hydrogen) atoms. The predicted octanol–water partition coefficient (Wildman–Crippen LogP) is 5.16. The molecule has 1 heterocycles. The fourth-order valence-electron chi connectivity index (χ4n) is 3.59. The number of benzene rings is 2. The van der Waals surface area contributed by atoms with Crippen LogP contribution >= 0.6 is 0 Å². The lowest BCUT2D eigenvalue weighted by atomic mass is 9.89. The first kappa shape index (κ1) is 24.9. The van der Waals surface area contributed by atoms with E-state index < -0.39 is 27.4 Å². The maximum Gasteiger partial charge on any atom is 0.427 e. The second-order valence-corrected chi connectivity index (χ2v) is 10.3. The van der Waals surface area contributed by atoms with Gasteiger partial charge in [0.2, 0.25) is 5.60 Å². The van der Waals surface area contributed by atoms with E-state index in [1.165, 1.54) is 54.2 Å². The van der Waals surface area contributed by atoms with Gasteiger partial charge in [-0.25, -0.2) is 8.42 Å². The number of nitrogens with zero attached hydrogens (tertiary/aromatic N) is 2. The van der Waals surface area contributed by atoms with Gasteiger partial charge >= 0.3 is 6.18 Å². The van der Waals surface area contributed by atoms with E-state index in [2.05, 4.69) is 0 Å². The van der Waals surface area contributed by atoms with Crippen LogP contribution in [-0.4, -0.2) is 31.3 Å². The van der Waals surface area contributed by atoms with Crippen molar-refractivity contribution < 1.29 is 26.7 Å². The Hall–Kier alpha value is -2.78. The number of alkyl halides is 3. The Balaban J connectivity index is 2.00. The molecular formula is C24H27F3N2O3S. The molecule has 0 bridgehead atoms. The third-order valence-corrected chi connectivity index (χ3v) is 7.41. The number of aromatic nitrogens is 1. The van der Waals surface area contributed by atoms with E-state index in [-0.39, 0.29) is 22.2 Å². The topological polar surface area (TPSA) is 62.5 Å². The van der Waals surface area contributed by atoms with Crippen LogP contribution in [-0.2, 0) is 22.2 Å². The van der Waals surface area contributed by atoms with E-state index in [4.69, 9.17) is 0 Å². The second-order valence-electron chi connectivity index (χ2n) is 8.31. The molecule has 0 aliphatic heterocycles. The Morgan fingerprint density at radius 2 is 1.58 bits per heavy atom. The van der Waals surface area contributed by atoms with Gasteiger partial charge in [0.1, 0.15) is 0 Å². The minimum atomic E-state index is -5.00. The second kappa shape index (κ2) is 9.23. The minimum Gasteiger partial charge on any atom is -0.371 e. The lowest BCUT2D eigenvalue weighted by molar-refractivity contribution is -0.250. The average Bonchev–Trinajstić information content (AvgIpc) is 3.25. The van der Waals surface area contributed by atoms with E-state index in [1.807, 2.05) is 13.8 Å². The predicted molar refractivity (Wildman–Crippen MR) is 121 cm³/mol. The van der Waals surface area contributed by atoms with Gasteiger partial charge in [0.25, 0.3) is 10.0 Å². The van der Waals surface area contributed by atoms with Crippen molar-refractivity contribution in [3.8, 4) is 0 Å². The molecule has 0 saturated heterocycles. The van der Waals surface area contributed by atoms with Crippen LogP contribution in [0.4, 0.5) is 18.9 Å². The monoisotopic (exact) mass is 480 g/mol. The van der Waals surface area contributed by atoms with Gasteiger partial charge in [-0.3, -0.25) is 4.31 Å². The van der Waals surface area contributed by atoms with E-state index >= 15 is 0 Å². The van der Waals surface area contributed by atoms with Gasteiger partial charge in [-0.15, -0.1) is 0 Å². The van der Waals surface area contributed by atoms with Crippen molar-refractivity contribution in [2.45, 2.75) is 43.5 Å². The molecule has 5 nitrogen and oxygen atoms in total. The van der Waals surface area contributed by atoms with Crippen molar-refractivity contribution in [2.24, 2.45) is 5.92 Å². The van der Waals surface area contributed by atoms with E-state index in [0.717, 1.165) is 16.4 Å². The zero-order chi connectivity index (χ0) is 24.4. The van der Waals surface area contributed by atoms with Gasteiger partial charge in [-0.2, -0.15) is 13.2 Å². The number of sulfonamides is 1. The third-order valence-electron chi connectivity index (χ3n) is 5.61. The van der Waals surface area contributed by atoms with E-state index in [0.29, 0.717) is 13.0 Å². The molecule has 0 aliphatic carbocycles. The van der Waals surface area contributed by atoms with Crippen LogP contribution in [0.3, 0.4) is 0 Å². The molecule has 1 aromatic heterocycles. The number of hydrogen-bond donors (Lipinski definition) is 1. The molecule has 0 saturated carbocycles. The molecule has 1 unspecified atom stereocenters. The molecule has 2 aromatic carbocycles. The number of aryl methyl sites for hydroxylation is 1. The van der Waals surface area contributed by atoms with Gasteiger partial charge in [-0.1, -0.05) is 44.2 Å². The van der Waals surface area contributed by atoms with Gasteiger partial charge in [-0.05, 0) is 54.3 Å². The standard InChI is InChI=1S/C24H27F3N2O3S/c1-18(2)15-17-29-16-7-10-22(29)23(30,24(25,26)27)19-11-13-20(14-12-19)28(3)33(31,32)21-8-5-4-6-9-21/h4-14,16,18,30H,15,17H2,1-3H3. The molecular weight excluding hydrogens is 453 g/mol. The summed E-state index contributed by atoms with van der Waals surface area (Å²) in [5.41, 5.74) is -3.76. The van der Waals surface area contributed by atoms with Crippen LogP contribution in [0.2, 0.25) is 0 Å². The molecule has 1 atom stereocenters. The summed E-state index contributed by atoms with van der Waals surface area (Å²) in [6.07, 6.45) is -2.83. The third kappa shape index (κ3) is 4.79. The summed E-state index contributed by atoms with van der Waals surface area (Å²) in [7, 11) is -2.57. The SMILES string of the molecule is CC(C)CCn1cccc1C(O)(c1ccc(N(C)S(=O)(=O)c2ccccc2)cc1)C(F)(F)F. The number of aliphatic hydroxyl groups is 1. The lowest BCUT2D eigenvalue weighted by Crippen LogP contribution is -2.45. The quantitative estimate of drug-likeness (QED) is 0.485. The average molecular weight is 481 g/mol. The fraction of sp³-hybridized carbons (Fsp3) is 0.333. The number of rotatable bonds is 8. The van der Waals surface area contributed by atoms with Gasteiger partial charge in [0.15, 0.2) is 0 Å². The van der Waals surface area contributed by atoms with Crippen molar-refractivity contribution in [1.29, 1.82) is 0 Å². The molecule has 0 spiro atoms. The zero-order valence-electron chi connectivity index (χ0n) is 18.6. The van der Waals surface area contributed by atoms with Crippen LogP contribution < -0.4 is 4.31 Å². The minimum absolute atomic E-state index is 0.0614. The Morgan fingerprint density at radius 1 is 0.970 bits per heavy atom. The van der Waals surface area contributed by atoms with Crippen LogP contribution in [0.25, 0.3) is 0 Å². The molecule has 1 N–H and O–H groups in total. The first-order valence-corrected chi connectivity index (χ1v) is 11.9. The molecule has 9 heteroatoms. The van der Waals surface area contributed by atoms with Crippen molar-refractivity contribution in [2.75, 3.05) is 11.4 Å². The molecule has 3 rings (SSSR count). The smallest absolute Gasteiger partial charge is 0.371 e. The fourth-order valence-corrected chi connectivity index (χ4v) is 4.81. The molecule has 0 fully saturated rings. The van der Waals surface area contributed by atoms with Crippen molar-refractivity contribution in [3.05, 3.63) is 84.2 Å². The molecule has 0 amide bonds. The Labute approximate surface area is 192 Å². The normalized spacial score (nSPS) is 14.3. The Morgan fingerprint density at radius 3 is 2.12 bits per heavy atom. The number of halogens is 3. The van der Waals surface area contributed by atoms with Crippen LogP contribution in [0, 0.1) is 5.92 Å². The highest BCUT2D eigenvalue weighted by Crippen LogP contribution is 2.45. The van der Waals surface area contributed by atoms with Crippen LogP contribution in [0.15, 0.2) is 77.8 Å². The molecule has 0 aliphatic rings. The first-order valence-electron chi connectivity index (χ1n) is 10.5. The summed E-state index contributed by atoms with van der Waals surface area (Å²) < 4.78 is 70.7. The zero-order valence-corrected chi connectivity index (χ0v) is 19.4. The van der Waals surface area contributed by atoms with Crippen LogP contribution in [0.1, 0.15) is 31.5 Å². The lowest BCUT2D eigenvalue weighted by Gasteiger charge is -2.32. The summed E-state index contributed by atoms with van der Waals surface area (Å²) in [6.45, 7) is 4.27. The number of anilines is 1. The summed E-state index contributed by atoms with van der Waals surface area (Å²) >= 11 is 0. The molecule has 3 aromatic rings. The van der Waals surface area contributed by atoms with E-state index in [9.17, 15) is 26.7 Å². The van der Waals surface area contributed by atoms with Crippen LogP contribution in [0.5, 0.6) is 0 Å². The summed E-state index contributed by atoms with van der Waals surface area (Å²) in [6, 6.07) is 15.2. The largest absolute Gasteiger partial charge is 0.427 e. The van der Waals surface area contributed by atoms with Gasteiger partial charge in [0, 0.05) is 19.8 Å². The number of hydrogen-bond acceptors (Lipinski definition) is 3. The molecule has 0 radical (unpaired) electrons. The van der Waals surface area contributed by atoms with Gasteiger partial charge < -0.3 is 9.67 Å². The van der Waals surface area contributed by atoms with Gasteiger partial charge in [0.05, 0.1) is 16.3 Å². The summed E-state index contributed by atoms with van der Waals surface area (Å²) in [5, 5.41) is 11.0. The maximum absolute atomic E-state index is 14.2. The maximum atomic E-state index is 14.2. The first-order chi connectivity index (χ1) is 15.4. The Bertz CT molecular complexity index is 1170. The van der Waals surface area contributed by atoms with Crippen molar-refractivity contribution in [3.63, 3.8) is 0 Å². The Kier molecular flexibility index (Phi) is 6.95. The summed E-state index contributed by atoms with van der Waals surface area (Å²) in [5.74, 6) is 0.278. The van der Waals surface area contributed by atoms with E-state index in [1.54, 1.807) is 18.2 Å². The highest BCUT2D eigenvalue weighted by Gasteiger charge is 2.57. The van der Waals surface area contributed by atoms with Crippen molar-refractivity contribution >= 4 is 15.7 Å². The highest BCUT2D eigenvalue weighted by molar-refractivity contribution is 7.92. The summed E-state index contributed by atoms with van der Waals surface area (Å²) in [4.78, 5) is 0.0614. The molecule has 178 valence electrons. The highest BCUT2D eigenvalue weighted by atomic mass is 32.2.